The van der Waals surface area contributed by atoms with Crippen LogP contribution in [0.15, 0.2) is 81.6 Å². The summed E-state index contributed by atoms with van der Waals surface area (Å²) < 4.78 is 14.4. The molecule has 7 nitrogen and oxygen atoms in total. The van der Waals surface area contributed by atoms with E-state index in [-0.39, 0.29) is 18.1 Å². The SMILES string of the molecule is C=CCc1cc(C=Nn2c([C@H](C)CC)nc3ccc(Br)cc3c2=O)cc(OCC)c1OCc1ccccc1C#N. The van der Waals surface area contributed by atoms with Gasteiger partial charge in [-0.15, -0.1) is 6.58 Å². The van der Waals surface area contributed by atoms with Crippen molar-refractivity contribution in [3.05, 3.63) is 110 Å². The minimum atomic E-state index is -0.231. The zero-order valence-corrected chi connectivity index (χ0v) is 24.4. The Bertz CT molecular complexity index is 1670. The van der Waals surface area contributed by atoms with E-state index in [0.717, 1.165) is 27.6 Å². The third-order valence-electron chi connectivity index (χ3n) is 6.54. The molecule has 0 fully saturated rings. The van der Waals surface area contributed by atoms with Crippen molar-refractivity contribution in [2.24, 2.45) is 5.10 Å². The van der Waals surface area contributed by atoms with Crippen molar-refractivity contribution in [3.8, 4) is 17.6 Å². The molecule has 0 aliphatic heterocycles. The van der Waals surface area contributed by atoms with Gasteiger partial charge in [0.1, 0.15) is 12.4 Å². The first-order valence-corrected chi connectivity index (χ1v) is 14.0. The van der Waals surface area contributed by atoms with E-state index in [1.54, 1.807) is 24.4 Å². The zero-order chi connectivity index (χ0) is 28.6. The van der Waals surface area contributed by atoms with Crippen LogP contribution >= 0.6 is 15.9 Å². The standard InChI is InChI=1S/C32H31BrN4O3/c1-5-10-23-15-22(16-29(39-7-3)30(23)40-20-25-12-9-8-11-24(25)18-34)19-35-37-31(21(4)6-2)36-28-14-13-26(33)17-27(28)32(37)38/h5,8-9,11-17,19,21H,1,6-7,10,20H2,2-4H3/t21-/m1/s1. The maximum absolute atomic E-state index is 13.5. The lowest BCUT2D eigenvalue weighted by Crippen LogP contribution is -2.23. The Morgan fingerprint density at radius 3 is 2.67 bits per heavy atom. The second-order valence-corrected chi connectivity index (χ2v) is 10.2. The molecule has 0 amide bonds. The summed E-state index contributed by atoms with van der Waals surface area (Å²) in [7, 11) is 0. The summed E-state index contributed by atoms with van der Waals surface area (Å²) in [5.41, 5.74) is 3.35. The van der Waals surface area contributed by atoms with Gasteiger partial charge in [-0.25, -0.2) is 4.98 Å². The fourth-order valence-corrected chi connectivity index (χ4v) is 4.66. The van der Waals surface area contributed by atoms with E-state index in [1.165, 1.54) is 4.68 Å². The second-order valence-electron chi connectivity index (χ2n) is 9.29. The van der Waals surface area contributed by atoms with Gasteiger partial charge in [0.15, 0.2) is 11.5 Å². The van der Waals surface area contributed by atoms with Crippen LogP contribution in [-0.4, -0.2) is 22.5 Å². The predicted molar refractivity (Wildman–Crippen MR) is 162 cm³/mol. The van der Waals surface area contributed by atoms with Crippen LogP contribution in [0.4, 0.5) is 0 Å². The summed E-state index contributed by atoms with van der Waals surface area (Å²) in [6.45, 7) is 10.5. The molecule has 40 heavy (non-hydrogen) atoms. The quantitative estimate of drug-likeness (QED) is 0.135. The van der Waals surface area contributed by atoms with Gasteiger partial charge < -0.3 is 9.47 Å². The maximum atomic E-state index is 13.5. The van der Waals surface area contributed by atoms with E-state index < -0.39 is 0 Å². The van der Waals surface area contributed by atoms with E-state index in [2.05, 4.69) is 40.6 Å². The fourth-order valence-electron chi connectivity index (χ4n) is 4.30. The molecule has 0 bridgehead atoms. The zero-order valence-electron chi connectivity index (χ0n) is 22.9. The molecule has 1 aromatic heterocycles. The highest BCUT2D eigenvalue weighted by molar-refractivity contribution is 9.10. The molecule has 0 saturated carbocycles. The van der Waals surface area contributed by atoms with Crippen LogP contribution in [0.5, 0.6) is 11.5 Å². The average Bonchev–Trinajstić information content (AvgIpc) is 2.96. The number of hydrogen-bond acceptors (Lipinski definition) is 6. The monoisotopic (exact) mass is 598 g/mol. The summed E-state index contributed by atoms with van der Waals surface area (Å²) in [6.07, 6.45) is 4.77. The molecule has 4 aromatic rings. The maximum Gasteiger partial charge on any atom is 0.282 e. The molecule has 4 rings (SSSR count). The molecule has 0 aliphatic rings. The van der Waals surface area contributed by atoms with Crippen LogP contribution in [0.2, 0.25) is 0 Å². The number of rotatable bonds is 11. The van der Waals surface area contributed by atoms with Crippen LogP contribution in [-0.2, 0) is 13.0 Å². The van der Waals surface area contributed by atoms with Gasteiger partial charge in [-0.3, -0.25) is 4.79 Å². The highest BCUT2D eigenvalue weighted by Gasteiger charge is 2.17. The number of benzene rings is 3. The molecular formula is C32H31BrN4O3. The van der Waals surface area contributed by atoms with Gasteiger partial charge in [0.05, 0.1) is 35.4 Å². The van der Waals surface area contributed by atoms with Gasteiger partial charge in [0, 0.05) is 21.5 Å². The number of nitriles is 1. The number of nitrogens with zero attached hydrogens (tertiary/aromatic N) is 4. The molecule has 0 aliphatic carbocycles. The Hall–Kier alpha value is -4.22. The number of halogens is 1. The van der Waals surface area contributed by atoms with Crippen molar-refractivity contribution in [2.45, 2.75) is 46.1 Å². The van der Waals surface area contributed by atoms with Crippen molar-refractivity contribution < 1.29 is 9.47 Å². The summed E-state index contributed by atoms with van der Waals surface area (Å²) >= 11 is 3.45. The molecule has 1 heterocycles. The lowest BCUT2D eigenvalue weighted by molar-refractivity contribution is 0.267. The lowest BCUT2D eigenvalue weighted by atomic mass is 10.1. The van der Waals surface area contributed by atoms with Gasteiger partial charge in [0.25, 0.3) is 5.56 Å². The molecule has 1 atom stereocenters. The number of allylic oxidation sites excluding steroid dienone is 1. The fraction of sp³-hybridized carbons (Fsp3) is 0.250. The van der Waals surface area contributed by atoms with Gasteiger partial charge in [-0.05, 0) is 61.7 Å². The molecule has 0 radical (unpaired) electrons. The van der Waals surface area contributed by atoms with Crippen molar-refractivity contribution in [3.63, 3.8) is 0 Å². The third kappa shape index (κ3) is 6.32. The van der Waals surface area contributed by atoms with Crippen molar-refractivity contribution in [1.29, 1.82) is 5.26 Å². The Morgan fingerprint density at radius 1 is 1.15 bits per heavy atom. The Balaban J connectivity index is 1.78. The Labute approximate surface area is 242 Å². The molecule has 8 heteroatoms. The minimum Gasteiger partial charge on any atom is -0.490 e. The molecule has 0 N–H and O–H groups in total. The van der Waals surface area contributed by atoms with Crippen molar-refractivity contribution >= 4 is 33.0 Å². The van der Waals surface area contributed by atoms with Crippen LogP contribution < -0.4 is 15.0 Å². The Morgan fingerprint density at radius 2 is 1.95 bits per heavy atom. The molecule has 204 valence electrons. The van der Waals surface area contributed by atoms with Crippen LogP contribution in [0.3, 0.4) is 0 Å². The highest BCUT2D eigenvalue weighted by atomic mass is 79.9. The van der Waals surface area contributed by atoms with Crippen LogP contribution in [0.1, 0.15) is 61.2 Å². The number of ether oxygens (including phenoxy) is 2. The van der Waals surface area contributed by atoms with E-state index in [4.69, 9.17) is 14.5 Å². The van der Waals surface area contributed by atoms with E-state index in [0.29, 0.717) is 46.8 Å². The van der Waals surface area contributed by atoms with Gasteiger partial charge >= 0.3 is 0 Å². The summed E-state index contributed by atoms with van der Waals surface area (Å²) in [6, 6.07) is 18.8. The smallest absolute Gasteiger partial charge is 0.282 e. The minimum absolute atomic E-state index is 0.0280. The third-order valence-corrected chi connectivity index (χ3v) is 7.03. The topological polar surface area (TPSA) is 89.5 Å². The second kappa shape index (κ2) is 13.2. The predicted octanol–water partition coefficient (Wildman–Crippen LogP) is 7.13. The summed E-state index contributed by atoms with van der Waals surface area (Å²) in [5, 5.41) is 14.6. The van der Waals surface area contributed by atoms with Crippen molar-refractivity contribution in [1.82, 2.24) is 9.66 Å². The average molecular weight is 600 g/mol. The summed E-state index contributed by atoms with van der Waals surface area (Å²) in [5.74, 6) is 1.76. The van der Waals surface area contributed by atoms with Gasteiger partial charge in [-0.1, -0.05) is 54.1 Å². The number of aromatic nitrogens is 2. The van der Waals surface area contributed by atoms with E-state index in [1.807, 2.05) is 56.3 Å². The van der Waals surface area contributed by atoms with E-state index >= 15 is 0 Å². The molecule has 0 spiro atoms. The highest BCUT2D eigenvalue weighted by Crippen LogP contribution is 2.34. The molecular weight excluding hydrogens is 568 g/mol. The normalized spacial score (nSPS) is 11.9. The number of hydrogen-bond donors (Lipinski definition) is 0. The first-order valence-electron chi connectivity index (χ1n) is 13.2. The van der Waals surface area contributed by atoms with Crippen LogP contribution in [0.25, 0.3) is 10.9 Å². The Kier molecular flexibility index (Phi) is 9.52. The van der Waals surface area contributed by atoms with Crippen molar-refractivity contribution in [2.75, 3.05) is 6.61 Å². The molecule has 3 aromatic carbocycles. The molecule has 0 unspecified atom stereocenters. The van der Waals surface area contributed by atoms with Crippen LogP contribution in [0, 0.1) is 11.3 Å². The largest absolute Gasteiger partial charge is 0.490 e. The summed E-state index contributed by atoms with van der Waals surface area (Å²) in [4.78, 5) is 18.3. The molecule has 0 saturated heterocycles. The first-order chi connectivity index (χ1) is 19.4. The van der Waals surface area contributed by atoms with E-state index in [9.17, 15) is 10.1 Å². The van der Waals surface area contributed by atoms with Gasteiger partial charge in [0.2, 0.25) is 0 Å². The lowest BCUT2D eigenvalue weighted by Gasteiger charge is -2.17. The van der Waals surface area contributed by atoms with Gasteiger partial charge in [-0.2, -0.15) is 15.0 Å². The first kappa shape index (κ1) is 28.8. The number of fused-ring (bicyclic) bond motifs is 1.